The molecule has 1 fully saturated rings. The fourth-order valence-corrected chi connectivity index (χ4v) is 2.88. The van der Waals surface area contributed by atoms with Gasteiger partial charge in [0.05, 0.1) is 6.61 Å². The number of rotatable bonds is 5. The SMILES string of the molecule is CCCNC1CCOCC1Cc1ccc(I)cc1. The van der Waals surface area contributed by atoms with E-state index in [1.165, 1.54) is 15.6 Å². The van der Waals surface area contributed by atoms with E-state index in [-0.39, 0.29) is 0 Å². The summed E-state index contributed by atoms with van der Waals surface area (Å²) in [5, 5.41) is 3.67. The van der Waals surface area contributed by atoms with Crippen LogP contribution in [0.15, 0.2) is 24.3 Å². The maximum absolute atomic E-state index is 5.65. The Balaban J connectivity index is 1.94. The summed E-state index contributed by atoms with van der Waals surface area (Å²) < 4.78 is 6.95. The lowest BCUT2D eigenvalue weighted by molar-refractivity contribution is 0.0323. The Bertz CT molecular complexity index is 352. The molecule has 3 heteroatoms. The average Bonchev–Trinajstić information content (AvgIpc) is 2.40. The molecule has 2 nitrogen and oxygen atoms in total. The van der Waals surface area contributed by atoms with Crippen LogP contribution in [0.3, 0.4) is 0 Å². The van der Waals surface area contributed by atoms with Crippen LogP contribution in [-0.4, -0.2) is 25.8 Å². The maximum Gasteiger partial charge on any atom is 0.0512 e. The zero-order chi connectivity index (χ0) is 12.8. The predicted molar refractivity (Wildman–Crippen MR) is 83.9 cm³/mol. The summed E-state index contributed by atoms with van der Waals surface area (Å²) in [6.07, 6.45) is 3.47. The first-order valence-electron chi connectivity index (χ1n) is 6.85. The van der Waals surface area contributed by atoms with Crippen molar-refractivity contribution in [1.29, 1.82) is 0 Å². The molecule has 1 aromatic rings. The molecule has 1 aromatic carbocycles. The van der Waals surface area contributed by atoms with Gasteiger partial charge in [0.25, 0.3) is 0 Å². The van der Waals surface area contributed by atoms with Crippen LogP contribution in [-0.2, 0) is 11.2 Å². The number of ether oxygens (including phenoxy) is 1. The highest BCUT2D eigenvalue weighted by Gasteiger charge is 2.25. The van der Waals surface area contributed by atoms with Gasteiger partial charge in [-0.1, -0.05) is 19.1 Å². The lowest BCUT2D eigenvalue weighted by Crippen LogP contribution is -2.43. The molecular formula is C15H22INO. The van der Waals surface area contributed by atoms with Crippen LogP contribution in [0.4, 0.5) is 0 Å². The molecule has 0 radical (unpaired) electrons. The van der Waals surface area contributed by atoms with E-state index >= 15 is 0 Å². The molecule has 1 aliphatic rings. The Morgan fingerprint density at radius 3 is 2.83 bits per heavy atom. The van der Waals surface area contributed by atoms with Crippen molar-refractivity contribution in [3.05, 3.63) is 33.4 Å². The standard InChI is InChI=1S/C15H22INO/c1-2-8-17-15-7-9-18-11-13(15)10-12-3-5-14(16)6-4-12/h3-6,13,15,17H,2,7-11H2,1H3. The molecule has 2 atom stereocenters. The van der Waals surface area contributed by atoms with Gasteiger partial charge in [-0.2, -0.15) is 0 Å². The third kappa shape index (κ3) is 4.21. The molecule has 0 spiro atoms. The van der Waals surface area contributed by atoms with Gasteiger partial charge < -0.3 is 10.1 Å². The van der Waals surface area contributed by atoms with Gasteiger partial charge in [0, 0.05) is 22.1 Å². The van der Waals surface area contributed by atoms with E-state index in [0.717, 1.165) is 32.6 Å². The first kappa shape index (κ1) is 14.3. The van der Waals surface area contributed by atoms with E-state index in [1.54, 1.807) is 0 Å². The quantitative estimate of drug-likeness (QED) is 0.815. The van der Waals surface area contributed by atoms with Gasteiger partial charge in [0.2, 0.25) is 0 Å². The van der Waals surface area contributed by atoms with Gasteiger partial charge in [0.1, 0.15) is 0 Å². The largest absolute Gasteiger partial charge is 0.381 e. The molecule has 18 heavy (non-hydrogen) atoms. The fraction of sp³-hybridized carbons (Fsp3) is 0.600. The fourth-order valence-electron chi connectivity index (χ4n) is 2.52. The lowest BCUT2D eigenvalue weighted by atomic mass is 9.89. The summed E-state index contributed by atoms with van der Waals surface area (Å²) in [5.74, 6) is 0.616. The second-order valence-corrected chi connectivity index (χ2v) is 6.26. The molecule has 1 saturated heterocycles. The highest BCUT2D eigenvalue weighted by atomic mass is 127. The van der Waals surface area contributed by atoms with Gasteiger partial charge >= 0.3 is 0 Å². The van der Waals surface area contributed by atoms with Gasteiger partial charge in [-0.25, -0.2) is 0 Å². The van der Waals surface area contributed by atoms with Crippen LogP contribution in [0.25, 0.3) is 0 Å². The number of halogens is 1. The number of nitrogens with one attached hydrogen (secondary N) is 1. The van der Waals surface area contributed by atoms with Crippen LogP contribution >= 0.6 is 22.6 Å². The third-order valence-electron chi connectivity index (χ3n) is 3.54. The number of hydrogen-bond donors (Lipinski definition) is 1. The normalized spacial score (nSPS) is 24.1. The van der Waals surface area contributed by atoms with Crippen molar-refractivity contribution in [2.75, 3.05) is 19.8 Å². The summed E-state index contributed by atoms with van der Waals surface area (Å²) in [4.78, 5) is 0. The zero-order valence-corrected chi connectivity index (χ0v) is 13.2. The predicted octanol–water partition coefficient (Wildman–Crippen LogP) is 3.24. The van der Waals surface area contributed by atoms with Gasteiger partial charge in [-0.05, 0) is 66.1 Å². The van der Waals surface area contributed by atoms with Crippen molar-refractivity contribution in [3.63, 3.8) is 0 Å². The van der Waals surface area contributed by atoms with Crippen LogP contribution < -0.4 is 5.32 Å². The lowest BCUT2D eigenvalue weighted by Gasteiger charge is -2.32. The average molecular weight is 359 g/mol. The van der Waals surface area contributed by atoms with Crippen LogP contribution in [0, 0.1) is 9.49 Å². The van der Waals surface area contributed by atoms with Crippen molar-refractivity contribution < 1.29 is 4.74 Å². The molecule has 0 saturated carbocycles. The van der Waals surface area contributed by atoms with Crippen molar-refractivity contribution in [2.45, 2.75) is 32.2 Å². The number of hydrogen-bond acceptors (Lipinski definition) is 2. The summed E-state index contributed by atoms with van der Waals surface area (Å²) >= 11 is 2.35. The molecule has 1 heterocycles. The van der Waals surface area contributed by atoms with E-state index in [2.05, 4.69) is 59.1 Å². The zero-order valence-electron chi connectivity index (χ0n) is 11.0. The van der Waals surface area contributed by atoms with Crippen molar-refractivity contribution in [1.82, 2.24) is 5.32 Å². The second kappa shape index (κ2) is 7.46. The Morgan fingerprint density at radius 2 is 2.11 bits per heavy atom. The van der Waals surface area contributed by atoms with Crippen molar-refractivity contribution in [2.24, 2.45) is 5.92 Å². The Hall–Kier alpha value is -0.130. The second-order valence-electron chi connectivity index (χ2n) is 5.01. The molecule has 100 valence electrons. The van der Waals surface area contributed by atoms with E-state index in [0.29, 0.717) is 12.0 Å². The third-order valence-corrected chi connectivity index (χ3v) is 4.26. The van der Waals surface area contributed by atoms with Crippen LogP contribution in [0.2, 0.25) is 0 Å². The Labute approximate surface area is 124 Å². The Kier molecular flexibility index (Phi) is 5.92. The van der Waals surface area contributed by atoms with Crippen molar-refractivity contribution >= 4 is 22.6 Å². The van der Waals surface area contributed by atoms with Crippen molar-refractivity contribution in [3.8, 4) is 0 Å². The van der Waals surface area contributed by atoms with Gasteiger partial charge in [-0.15, -0.1) is 0 Å². The van der Waals surface area contributed by atoms with E-state index in [9.17, 15) is 0 Å². The van der Waals surface area contributed by atoms with E-state index in [1.807, 2.05) is 0 Å². The topological polar surface area (TPSA) is 21.3 Å². The first-order valence-corrected chi connectivity index (χ1v) is 7.93. The highest BCUT2D eigenvalue weighted by Crippen LogP contribution is 2.20. The highest BCUT2D eigenvalue weighted by molar-refractivity contribution is 14.1. The first-order chi connectivity index (χ1) is 8.79. The Morgan fingerprint density at radius 1 is 1.33 bits per heavy atom. The van der Waals surface area contributed by atoms with E-state index < -0.39 is 0 Å². The van der Waals surface area contributed by atoms with Crippen LogP contribution in [0.5, 0.6) is 0 Å². The molecule has 0 amide bonds. The molecule has 1 aliphatic heterocycles. The van der Waals surface area contributed by atoms with E-state index in [4.69, 9.17) is 4.74 Å². The molecule has 0 aromatic heterocycles. The van der Waals surface area contributed by atoms with Crippen LogP contribution in [0.1, 0.15) is 25.3 Å². The summed E-state index contributed by atoms with van der Waals surface area (Å²) in [7, 11) is 0. The summed E-state index contributed by atoms with van der Waals surface area (Å²) in [5.41, 5.74) is 1.43. The smallest absolute Gasteiger partial charge is 0.0512 e. The molecule has 0 bridgehead atoms. The molecule has 2 unspecified atom stereocenters. The molecule has 2 rings (SSSR count). The minimum Gasteiger partial charge on any atom is -0.381 e. The maximum atomic E-state index is 5.65. The van der Waals surface area contributed by atoms with Gasteiger partial charge in [0.15, 0.2) is 0 Å². The summed E-state index contributed by atoms with van der Waals surface area (Å²) in [6.45, 7) is 5.15. The minimum absolute atomic E-state index is 0.616. The molecule has 0 aliphatic carbocycles. The monoisotopic (exact) mass is 359 g/mol. The number of benzene rings is 1. The molecule has 1 N–H and O–H groups in total. The minimum atomic E-state index is 0.616. The molecular weight excluding hydrogens is 337 g/mol. The van der Waals surface area contributed by atoms with Gasteiger partial charge in [-0.3, -0.25) is 0 Å². The summed E-state index contributed by atoms with van der Waals surface area (Å²) in [6, 6.07) is 9.49.